The number of ether oxygens (including phenoxy) is 1. The molecule has 0 bridgehead atoms. The largest absolute Gasteiger partial charge is 0.497 e. The first-order valence-corrected chi connectivity index (χ1v) is 9.63. The molecule has 0 heterocycles. The molecule has 0 aliphatic heterocycles. The van der Waals surface area contributed by atoms with E-state index in [-0.39, 0.29) is 30.7 Å². The second-order valence-corrected chi connectivity index (χ2v) is 7.19. The van der Waals surface area contributed by atoms with E-state index in [0.29, 0.717) is 12.2 Å². The number of rotatable bonds is 8. The van der Waals surface area contributed by atoms with E-state index in [4.69, 9.17) is 4.74 Å². The lowest BCUT2D eigenvalue weighted by molar-refractivity contribution is -0.885. The first kappa shape index (κ1) is 21.3. The van der Waals surface area contributed by atoms with Crippen molar-refractivity contribution in [3.8, 4) is 5.75 Å². The highest BCUT2D eigenvalue weighted by atomic mass is 19.1. The van der Waals surface area contributed by atoms with E-state index in [1.165, 1.54) is 24.3 Å². The number of benzene rings is 3. The van der Waals surface area contributed by atoms with Crippen molar-refractivity contribution in [3.05, 3.63) is 72.0 Å². The Labute approximate surface area is 174 Å². The van der Waals surface area contributed by atoms with E-state index in [2.05, 4.69) is 16.7 Å². The highest BCUT2D eigenvalue weighted by molar-refractivity contribution is 5.94. The molecule has 3 rings (SSSR count). The molecular formula is C23H25FN3O3+. The number of hydrogen-bond donors (Lipinski definition) is 3. The average Bonchev–Trinajstić information content (AvgIpc) is 2.73. The zero-order valence-electron chi connectivity index (χ0n) is 17.0. The Morgan fingerprint density at radius 1 is 0.967 bits per heavy atom. The topological polar surface area (TPSA) is 71.9 Å². The van der Waals surface area contributed by atoms with Gasteiger partial charge in [0.2, 0.25) is 5.91 Å². The van der Waals surface area contributed by atoms with Gasteiger partial charge < -0.3 is 20.3 Å². The molecule has 3 N–H and O–H groups in total. The van der Waals surface area contributed by atoms with Crippen molar-refractivity contribution < 1.29 is 23.6 Å². The molecule has 2 amide bonds. The molecule has 1 unspecified atom stereocenters. The molecule has 156 valence electrons. The summed E-state index contributed by atoms with van der Waals surface area (Å²) in [5.74, 6) is -0.138. The van der Waals surface area contributed by atoms with E-state index >= 15 is 0 Å². The number of halogens is 1. The number of amides is 2. The van der Waals surface area contributed by atoms with Gasteiger partial charge in [0.15, 0.2) is 6.54 Å². The van der Waals surface area contributed by atoms with Gasteiger partial charge in [-0.3, -0.25) is 9.59 Å². The van der Waals surface area contributed by atoms with Crippen LogP contribution in [0.1, 0.15) is 5.56 Å². The summed E-state index contributed by atoms with van der Waals surface area (Å²) < 4.78 is 18.1. The Kier molecular flexibility index (Phi) is 6.98. The van der Waals surface area contributed by atoms with Gasteiger partial charge in [0, 0.05) is 11.3 Å². The summed E-state index contributed by atoms with van der Waals surface area (Å²) in [6, 6.07) is 17.6. The number of likely N-dealkylation sites (N-methyl/N-ethyl adjacent to an activating group) is 1. The van der Waals surface area contributed by atoms with Gasteiger partial charge in [0.25, 0.3) is 5.91 Å². The summed E-state index contributed by atoms with van der Waals surface area (Å²) in [7, 11) is 3.57. The molecule has 3 aromatic carbocycles. The minimum absolute atomic E-state index is 0.138. The summed E-state index contributed by atoms with van der Waals surface area (Å²) in [6.45, 7) is 0.781. The average molecular weight is 410 g/mol. The molecule has 30 heavy (non-hydrogen) atoms. The van der Waals surface area contributed by atoms with Crippen LogP contribution in [0.25, 0.3) is 10.8 Å². The van der Waals surface area contributed by atoms with Crippen LogP contribution < -0.4 is 20.3 Å². The van der Waals surface area contributed by atoms with Crippen molar-refractivity contribution in [2.45, 2.75) is 6.54 Å². The normalized spacial score (nSPS) is 11.7. The van der Waals surface area contributed by atoms with E-state index in [9.17, 15) is 14.0 Å². The van der Waals surface area contributed by atoms with E-state index in [1.54, 1.807) is 7.11 Å². The molecule has 0 fully saturated rings. The fraction of sp³-hybridized carbons (Fsp3) is 0.217. The summed E-state index contributed by atoms with van der Waals surface area (Å²) in [5, 5.41) is 7.43. The Morgan fingerprint density at radius 2 is 1.67 bits per heavy atom. The van der Waals surface area contributed by atoms with Crippen molar-refractivity contribution in [1.82, 2.24) is 5.32 Å². The molecule has 0 aliphatic rings. The minimum atomic E-state index is -0.376. The number of carbonyl (C=O) groups is 2. The van der Waals surface area contributed by atoms with Crippen molar-refractivity contribution >= 4 is 28.3 Å². The summed E-state index contributed by atoms with van der Waals surface area (Å²) in [5.41, 5.74) is 1.60. The van der Waals surface area contributed by atoms with E-state index < -0.39 is 0 Å². The third-order valence-electron chi connectivity index (χ3n) is 4.65. The molecule has 0 spiro atoms. The molecule has 0 aliphatic carbocycles. The predicted octanol–water partition coefficient (Wildman–Crippen LogP) is 1.76. The van der Waals surface area contributed by atoms with Crippen LogP contribution in [0.3, 0.4) is 0 Å². The van der Waals surface area contributed by atoms with Crippen LogP contribution >= 0.6 is 0 Å². The van der Waals surface area contributed by atoms with Crippen LogP contribution in [0, 0.1) is 5.82 Å². The maximum atomic E-state index is 12.9. The highest BCUT2D eigenvalue weighted by Crippen LogP contribution is 2.21. The quantitative estimate of drug-likeness (QED) is 0.530. The monoisotopic (exact) mass is 410 g/mol. The number of anilines is 1. The molecule has 3 aromatic rings. The minimum Gasteiger partial charge on any atom is -0.497 e. The number of quaternary nitrogens is 1. The Hall–Kier alpha value is -3.45. The number of nitrogens with one attached hydrogen (secondary N) is 3. The standard InChI is InChI=1S/C23H24FN3O3/c1-27(14-16-3-4-18-12-21(30-2)10-5-17(18)11-16)15-23(29)25-13-22(28)26-20-8-6-19(24)7-9-20/h3-12H,13-15H2,1-2H3,(H,25,29)(H,26,28)/p+1. The SMILES string of the molecule is COc1ccc2cc(C[NH+](C)CC(=O)NCC(=O)Nc3ccc(F)cc3)ccc2c1. The van der Waals surface area contributed by atoms with Crippen LogP contribution in [0.5, 0.6) is 5.75 Å². The smallest absolute Gasteiger partial charge is 0.275 e. The second-order valence-electron chi connectivity index (χ2n) is 7.19. The third-order valence-corrected chi connectivity index (χ3v) is 4.65. The number of methoxy groups -OCH3 is 1. The Balaban J connectivity index is 1.46. The lowest BCUT2D eigenvalue weighted by atomic mass is 10.1. The van der Waals surface area contributed by atoms with Gasteiger partial charge in [0.1, 0.15) is 18.1 Å². The van der Waals surface area contributed by atoms with Crippen molar-refractivity contribution in [3.63, 3.8) is 0 Å². The van der Waals surface area contributed by atoms with Crippen molar-refractivity contribution in [1.29, 1.82) is 0 Å². The van der Waals surface area contributed by atoms with Gasteiger partial charge in [-0.25, -0.2) is 4.39 Å². The zero-order valence-corrected chi connectivity index (χ0v) is 17.0. The van der Waals surface area contributed by atoms with Crippen molar-refractivity contribution in [2.24, 2.45) is 0 Å². The number of fused-ring (bicyclic) bond motifs is 1. The fourth-order valence-corrected chi connectivity index (χ4v) is 3.18. The fourth-order valence-electron chi connectivity index (χ4n) is 3.18. The van der Waals surface area contributed by atoms with Gasteiger partial charge in [-0.1, -0.05) is 18.2 Å². The van der Waals surface area contributed by atoms with Gasteiger partial charge in [-0.05, 0) is 53.2 Å². The molecule has 0 saturated heterocycles. The van der Waals surface area contributed by atoms with Gasteiger partial charge in [-0.2, -0.15) is 0 Å². The van der Waals surface area contributed by atoms with E-state index in [1.807, 2.05) is 37.4 Å². The van der Waals surface area contributed by atoms with Crippen molar-refractivity contribution in [2.75, 3.05) is 32.6 Å². The maximum absolute atomic E-state index is 12.9. The van der Waals surface area contributed by atoms with Crippen LogP contribution in [0.2, 0.25) is 0 Å². The number of hydrogen-bond acceptors (Lipinski definition) is 3. The summed E-state index contributed by atoms with van der Waals surface area (Å²) in [6.07, 6.45) is 0. The molecule has 0 aromatic heterocycles. The lowest BCUT2D eigenvalue weighted by Crippen LogP contribution is -3.08. The summed E-state index contributed by atoms with van der Waals surface area (Å²) in [4.78, 5) is 25.1. The van der Waals surface area contributed by atoms with Crippen LogP contribution in [0.4, 0.5) is 10.1 Å². The van der Waals surface area contributed by atoms with Gasteiger partial charge in [0.05, 0.1) is 20.7 Å². The van der Waals surface area contributed by atoms with Crippen LogP contribution in [-0.4, -0.2) is 39.1 Å². The zero-order chi connectivity index (χ0) is 21.5. The lowest BCUT2D eigenvalue weighted by Gasteiger charge is -2.14. The van der Waals surface area contributed by atoms with Crippen LogP contribution in [-0.2, 0) is 16.1 Å². The Morgan fingerprint density at radius 3 is 2.40 bits per heavy atom. The Bertz CT molecular complexity index is 1040. The maximum Gasteiger partial charge on any atom is 0.275 e. The number of carbonyl (C=O) groups excluding carboxylic acids is 2. The van der Waals surface area contributed by atoms with E-state index in [0.717, 1.165) is 27.0 Å². The molecule has 7 heteroatoms. The van der Waals surface area contributed by atoms with Gasteiger partial charge >= 0.3 is 0 Å². The van der Waals surface area contributed by atoms with Crippen LogP contribution in [0.15, 0.2) is 60.7 Å². The third kappa shape index (κ3) is 6.02. The molecule has 0 radical (unpaired) electrons. The molecule has 0 saturated carbocycles. The van der Waals surface area contributed by atoms with Gasteiger partial charge in [-0.15, -0.1) is 0 Å². The first-order chi connectivity index (χ1) is 14.4. The molecule has 1 atom stereocenters. The second kappa shape index (κ2) is 9.84. The predicted molar refractivity (Wildman–Crippen MR) is 114 cm³/mol. The highest BCUT2D eigenvalue weighted by Gasteiger charge is 2.12. The summed E-state index contributed by atoms with van der Waals surface area (Å²) >= 11 is 0. The molecular weight excluding hydrogens is 385 g/mol. The first-order valence-electron chi connectivity index (χ1n) is 9.63. The molecule has 6 nitrogen and oxygen atoms in total.